The maximum absolute atomic E-state index is 2.95. The molecule has 0 saturated heterocycles. The molecular weight excluding hydrogens is 986 g/mol. The molecule has 1 aromatic heterocycles. The molecule has 10 aromatic rings. The number of hydrogen-bond donors (Lipinski definition) is 0. The molecule has 3 nitrogen and oxygen atoms in total. The highest BCUT2D eigenvalue weighted by Crippen LogP contribution is 2.64. The van der Waals surface area contributed by atoms with E-state index in [0.717, 1.165) is 23.5 Å². The lowest BCUT2D eigenvalue weighted by Gasteiger charge is -2.52. The van der Waals surface area contributed by atoms with Crippen LogP contribution in [0.4, 0.5) is 45.5 Å². The van der Waals surface area contributed by atoms with Gasteiger partial charge < -0.3 is 14.7 Å². The fraction of sp³-hybridized carbons (Fsp3) is 0.253. The summed E-state index contributed by atoms with van der Waals surface area (Å²) in [7, 11) is 0. The van der Waals surface area contributed by atoms with Crippen molar-refractivity contribution in [2.75, 3.05) is 14.7 Å². The van der Waals surface area contributed by atoms with Crippen molar-refractivity contribution in [1.82, 2.24) is 0 Å². The summed E-state index contributed by atoms with van der Waals surface area (Å²) < 4.78 is 2.87. The number of benzene rings is 9. The Balaban J connectivity index is 1.05. The highest BCUT2D eigenvalue weighted by molar-refractivity contribution is 7.33. The van der Waals surface area contributed by atoms with Gasteiger partial charge in [-0.05, 0) is 152 Å². The molecular formula is C75H70BN3S. The first-order valence-corrected chi connectivity index (χ1v) is 30.1. The van der Waals surface area contributed by atoms with Gasteiger partial charge in [-0.25, -0.2) is 0 Å². The summed E-state index contributed by atoms with van der Waals surface area (Å²) in [5.41, 5.74) is 27.2. The molecule has 5 heteroatoms. The van der Waals surface area contributed by atoms with Gasteiger partial charge >= 0.3 is 0 Å². The Morgan fingerprint density at radius 1 is 0.487 bits per heavy atom. The molecule has 2 aliphatic carbocycles. The van der Waals surface area contributed by atoms with E-state index in [9.17, 15) is 0 Å². The first-order valence-electron chi connectivity index (χ1n) is 29.3. The smallest absolute Gasteiger partial charge is 0.264 e. The number of para-hydroxylation sites is 1. The zero-order valence-electron chi connectivity index (χ0n) is 48.1. The molecule has 3 aliphatic heterocycles. The first kappa shape index (κ1) is 49.4. The van der Waals surface area contributed by atoms with Gasteiger partial charge in [-0.15, -0.1) is 11.3 Å². The Morgan fingerprint density at radius 2 is 1.11 bits per heavy atom. The molecule has 0 amide bonds. The van der Waals surface area contributed by atoms with Crippen LogP contribution in [0.25, 0.3) is 43.5 Å². The molecule has 0 bridgehead atoms. The van der Waals surface area contributed by atoms with Gasteiger partial charge in [0.15, 0.2) is 0 Å². The van der Waals surface area contributed by atoms with E-state index in [2.05, 4.69) is 289 Å². The average Bonchev–Trinajstić information content (AvgIpc) is 3.60. The summed E-state index contributed by atoms with van der Waals surface area (Å²) in [5.74, 6) is 0. The van der Waals surface area contributed by atoms with E-state index in [1.807, 2.05) is 0 Å². The minimum atomic E-state index is -0.111. The zero-order chi connectivity index (χ0) is 54.8. The highest BCUT2D eigenvalue weighted by Gasteiger charge is 2.62. The van der Waals surface area contributed by atoms with Crippen LogP contribution >= 0.6 is 11.3 Å². The van der Waals surface area contributed by atoms with Crippen molar-refractivity contribution in [1.29, 1.82) is 0 Å². The number of nitrogens with zero attached hydrogens (tertiary/aromatic N) is 3. The van der Waals surface area contributed by atoms with Gasteiger partial charge in [0.2, 0.25) is 0 Å². The van der Waals surface area contributed by atoms with Gasteiger partial charge in [0.05, 0.1) is 22.6 Å². The third-order valence-corrected chi connectivity index (χ3v) is 21.1. The van der Waals surface area contributed by atoms with Gasteiger partial charge in [0.25, 0.3) is 6.71 Å². The highest BCUT2D eigenvalue weighted by atomic mass is 32.1. The van der Waals surface area contributed by atoms with Crippen molar-refractivity contribution in [3.05, 3.63) is 222 Å². The van der Waals surface area contributed by atoms with Gasteiger partial charge in [0.1, 0.15) is 0 Å². The SMILES string of the molecule is CC(C)(C)c1ccc(N(c2ccc3c(c2)N(c2ccc(C(C)(C)C)cc2-c2ccccc2)c2ccc4c5c2B3c2sc3cc6c(cc3c2N5C2(C)CCCCC42C)-c2ccccc2C6(C)C)c2ccccc2-c2ccccc2)cc1. The number of hydrogen-bond acceptors (Lipinski definition) is 4. The van der Waals surface area contributed by atoms with Gasteiger partial charge in [-0.1, -0.05) is 209 Å². The second kappa shape index (κ2) is 17.2. The molecule has 4 heterocycles. The van der Waals surface area contributed by atoms with Crippen molar-refractivity contribution in [3.8, 4) is 33.4 Å². The van der Waals surface area contributed by atoms with E-state index in [1.54, 1.807) is 0 Å². The summed E-state index contributed by atoms with van der Waals surface area (Å²) in [4.78, 5) is 8.17. The molecule has 0 radical (unpaired) electrons. The molecule has 9 aromatic carbocycles. The van der Waals surface area contributed by atoms with Crippen molar-refractivity contribution in [2.24, 2.45) is 0 Å². The van der Waals surface area contributed by atoms with Gasteiger partial charge in [0, 0.05) is 65.3 Å². The predicted octanol–water partition coefficient (Wildman–Crippen LogP) is 19.0. The van der Waals surface area contributed by atoms with Crippen molar-refractivity contribution < 1.29 is 0 Å². The molecule has 0 N–H and O–H groups in total. The van der Waals surface area contributed by atoms with E-state index >= 15 is 0 Å². The second-order valence-electron chi connectivity index (χ2n) is 26.8. The fourth-order valence-electron chi connectivity index (χ4n) is 15.4. The van der Waals surface area contributed by atoms with Crippen molar-refractivity contribution >= 4 is 89.3 Å². The Labute approximate surface area is 478 Å². The minimum absolute atomic E-state index is 0.0107. The van der Waals surface area contributed by atoms with Crippen LogP contribution in [0.15, 0.2) is 194 Å². The van der Waals surface area contributed by atoms with Gasteiger partial charge in [-0.2, -0.15) is 0 Å². The second-order valence-corrected chi connectivity index (χ2v) is 27.9. The summed E-state index contributed by atoms with van der Waals surface area (Å²) in [5, 5.41) is 1.40. The van der Waals surface area contributed by atoms with Crippen LogP contribution in [0.2, 0.25) is 0 Å². The normalized spacial score (nSPS) is 19.1. The fourth-order valence-corrected chi connectivity index (χ4v) is 16.7. The third-order valence-electron chi connectivity index (χ3n) is 19.9. The van der Waals surface area contributed by atoms with E-state index < -0.39 is 0 Å². The van der Waals surface area contributed by atoms with Crippen LogP contribution in [-0.4, -0.2) is 12.3 Å². The Kier molecular flexibility index (Phi) is 10.6. The number of anilines is 8. The summed E-state index contributed by atoms with van der Waals surface area (Å²) >= 11 is 2.07. The van der Waals surface area contributed by atoms with Crippen LogP contribution in [0, 0.1) is 0 Å². The number of thiophene rings is 1. The van der Waals surface area contributed by atoms with Crippen molar-refractivity contribution in [3.63, 3.8) is 0 Å². The molecule has 80 heavy (non-hydrogen) atoms. The molecule has 394 valence electrons. The Bertz CT molecular complexity index is 4180. The number of fused-ring (bicyclic) bond motifs is 13. The first-order chi connectivity index (χ1) is 38.5. The average molecular weight is 1060 g/mol. The third kappa shape index (κ3) is 6.92. The van der Waals surface area contributed by atoms with Crippen LogP contribution in [-0.2, 0) is 21.7 Å². The van der Waals surface area contributed by atoms with E-state index in [-0.39, 0.29) is 33.9 Å². The standard InChI is InChI=1S/C75H70BN3S/c1-71(2,3)49-31-34-51(35-32-49)77(62-30-20-18-27-53(62)47-23-13-11-14-24-47)52-36-38-61-65(44-52)78(63-39-33-50(72(4,5)6)43-55(63)48-25-15-12-16-26-48)64-40-37-59-69-67(64)76(61)70-68(79(69)75(10)42-22-21-41-74(59,75)9)57-45-56-54-28-17-19-29-58(54)73(7,8)60(56)46-66(57)80-70/h11-20,23-40,43-46H,21-22,41-42H2,1-10H3. The molecule has 5 aliphatic rings. The quantitative estimate of drug-likeness (QED) is 0.154. The van der Waals surface area contributed by atoms with Crippen LogP contribution < -0.4 is 30.4 Å². The molecule has 1 fully saturated rings. The van der Waals surface area contributed by atoms with Crippen LogP contribution in [0.3, 0.4) is 0 Å². The topological polar surface area (TPSA) is 9.72 Å². The molecule has 0 spiro atoms. The van der Waals surface area contributed by atoms with Crippen molar-refractivity contribution in [2.45, 2.75) is 122 Å². The Hall–Kier alpha value is -7.60. The lowest BCUT2D eigenvalue weighted by Crippen LogP contribution is -2.63. The van der Waals surface area contributed by atoms with Gasteiger partial charge in [-0.3, -0.25) is 0 Å². The molecule has 2 unspecified atom stereocenters. The van der Waals surface area contributed by atoms with E-state index in [1.165, 1.54) is 135 Å². The largest absolute Gasteiger partial charge is 0.334 e. The maximum atomic E-state index is 2.95. The molecule has 15 rings (SSSR count). The Morgan fingerprint density at radius 3 is 1.84 bits per heavy atom. The maximum Gasteiger partial charge on any atom is 0.264 e. The molecule has 1 saturated carbocycles. The lowest BCUT2D eigenvalue weighted by atomic mass is 9.36. The van der Waals surface area contributed by atoms with E-state index in [0.29, 0.717) is 0 Å². The molecule has 2 atom stereocenters. The monoisotopic (exact) mass is 1060 g/mol. The predicted molar refractivity (Wildman–Crippen MR) is 344 cm³/mol. The van der Waals surface area contributed by atoms with E-state index in [4.69, 9.17) is 0 Å². The lowest BCUT2D eigenvalue weighted by molar-refractivity contribution is 0.195. The minimum Gasteiger partial charge on any atom is -0.334 e. The summed E-state index contributed by atoms with van der Waals surface area (Å²) in [6, 6.07) is 74.8. The number of rotatable bonds is 6. The summed E-state index contributed by atoms with van der Waals surface area (Å²) in [6.07, 6.45) is 4.82. The van der Waals surface area contributed by atoms with Crippen LogP contribution in [0.5, 0.6) is 0 Å². The zero-order valence-corrected chi connectivity index (χ0v) is 48.9. The summed E-state index contributed by atoms with van der Waals surface area (Å²) in [6.45, 7) is 24.1. The van der Waals surface area contributed by atoms with Crippen LogP contribution in [0.1, 0.15) is 123 Å².